The predicted molar refractivity (Wildman–Crippen MR) is 107 cm³/mol. The maximum absolute atomic E-state index is 13.8. The average molecular weight is 451 g/mol. The molecule has 2 amide bonds. The van der Waals surface area contributed by atoms with Gasteiger partial charge < -0.3 is 15.4 Å². The molecule has 1 unspecified atom stereocenters. The zero-order valence-corrected chi connectivity index (χ0v) is 17.2. The molecule has 28 heavy (non-hydrogen) atoms. The summed E-state index contributed by atoms with van der Waals surface area (Å²) in [6, 6.07) is 9.50. The van der Waals surface area contributed by atoms with Crippen LogP contribution in [0.15, 0.2) is 40.9 Å². The van der Waals surface area contributed by atoms with Crippen LogP contribution in [0.3, 0.4) is 0 Å². The Hall–Kier alpha value is -2.74. The van der Waals surface area contributed by atoms with Gasteiger partial charge in [0.15, 0.2) is 6.10 Å². The summed E-state index contributed by atoms with van der Waals surface area (Å²) < 4.78 is 19.3. The van der Waals surface area contributed by atoms with Gasteiger partial charge in [0.05, 0.1) is 5.69 Å². The minimum atomic E-state index is -1.16. The van der Waals surface area contributed by atoms with Crippen LogP contribution in [-0.4, -0.2) is 30.4 Å². The Bertz CT molecular complexity index is 897. The lowest BCUT2D eigenvalue weighted by Crippen LogP contribution is -2.36. The van der Waals surface area contributed by atoms with Crippen LogP contribution in [0.1, 0.15) is 28.4 Å². The molecule has 0 aliphatic carbocycles. The quantitative estimate of drug-likeness (QED) is 0.659. The van der Waals surface area contributed by atoms with Crippen LogP contribution in [0.25, 0.3) is 0 Å². The minimum Gasteiger partial charge on any atom is -0.451 e. The van der Waals surface area contributed by atoms with Gasteiger partial charge in [-0.15, -0.1) is 0 Å². The highest BCUT2D eigenvalue weighted by Gasteiger charge is 2.20. The molecule has 0 aliphatic rings. The highest BCUT2D eigenvalue weighted by Crippen LogP contribution is 2.19. The summed E-state index contributed by atoms with van der Waals surface area (Å²) in [5.74, 6) is -2.51. The number of aryl methyl sites for hydroxylation is 2. The molecule has 0 fully saturated rings. The molecule has 0 heterocycles. The number of ether oxygens (including phenoxy) is 1. The van der Waals surface area contributed by atoms with Crippen molar-refractivity contribution in [3.8, 4) is 0 Å². The lowest BCUT2D eigenvalue weighted by atomic mass is 10.1. The summed E-state index contributed by atoms with van der Waals surface area (Å²) >= 11 is 3.12. The molecule has 0 bridgehead atoms. The van der Waals surface area contributed by atoms with Gasteiger partial charge in [0.25, 0.3) is 11.8 Å². The predicted octanol–water partition coefficient (Wildman–Crippen LogP) is 3.51. The normalized spacial score (nSPS) is 11.5. The zero-order valence-electron chi connectivity index (χ0n) is 15.6. The molecule has 2 N–H and O–H groups in total. The molecule has 2 rings (SSSR count). The van der Waals surface area contributed by atoms with Crippen molar-refractivity contribution in [1.29, 1.82) is 0 Å². The SMILES string of the molecule is Cc1cc(C)cc(C(=O)NCC(=O)OC(C)C(=O)Nc2ccc(Br)cc2F)c1. The van der Waals surface area contributed by atoms with Gasteiger partial charge in [-0.2, -0.15) is 0 Å². The Morgan fingerprint density at radius 1 is 1.11 bits per heavy atom. The molecular weight excluding hydrogens is 431 g/mol. The smallest absolute Gasteiger partial charge is 0.326 e. The van der Waals surface area contributed by atoms with E-state index in [0.717, 1.165) is 11.1 Å². The number of halogens is 2. The van der Waals surface area contributed by atoms with E-state index in [0.29, 0.717) is 10.0 Å². The van der Waals surface area contributed by atoms with Crippen LogP contribution >= 0.6 is 15.9 Å². The zero-order chi connectivity index (χ0) is 20.8. The fourth-order valence-corrected chi connectivity index (χ4v) is 2.81. The first-order valence-electron chi connectivity index (χ1n) is 8.47. The van der Waals surface area contributed by atoms with Crippen LogP contribution in [0.4, 0.5) is 10.1 Å². The fourth-order valence-electron chi connectivity index (χ4n) is 2.48. The van der Waals surface area contributed by atoms with Crippen LogP contribution < -0.4 is 10.6 Å². The number of hydrogen-bond acceptors (Lipinski definition) is 4. The second kappa shape index (κ2) is 9.45. The Kier molecular flexibility index (Phi) is 7.28. The highest BCUT2D eigenvalue weighted by molar-refractivity contribution is 9.10. The van der Waals surface area contributed by atoms with E-state index in [1.807, 2.05) is 19.9 Å². The monoisotopic (exact) mass is 450 g/mol. The van der Waals surface area contributed by atoms with E-state index in [4.69, 9.17) is 4.74 Å². The number of amides is 2. The number of esters is 1. The lowest BCUT2D eigenvalue weighted by Gasteiger charge is -2.14. The maximum atomic E-state index is 13.8. The summed E-state index contributed by atoms with van der Waals surface area (Å²) in [5, 5.41) is 4.80. The Labute approximate surface area is 170 Å². The number of anilines is 1. The van der Waals surface area contributed by atoms with Crippen molar-refractivity contribution < 1.29 is 23.5 Å². The van der Waals surface area contributed by atoms with Crippen molar-refractivity contribution in [3.05, 3.63) is 63.4 Å². The van der Waals surface area contributed by atoms with Crippen molar-refractivity contribution in [2.45, 2.75) is 26.9 Å². The molecule has 0 saturated heterocycles. The molecule has 2 aromatic carbocycles. The molecule has 0 radical (unpaired) electrons. The summed E-state index contributed by atoms with van der Waals surface area (Å²) in [5.41, 5.74) is 2.26. The standard InChI is InChI=1S/C20H20BrFN2O4/c1-11-6-12(2)8-14(7-11)20(27)23-10-18(25)28-13(3)19(26)24-17-5-4-15(21)9-16(17)22/h4-9,13H,10H2,1-3H3,(H,23,27)(H,24,26). The van der Waals surface area contributed by atoms with Crippen molar-refractivity contribution >= 4 is 39.4 Å². The number of carbonyl (C=O) groups excluding carboxylic acids is 3. The van der Waals surface area contributed by atoms with Crippen molar-refractivity contribution in [1.82, 2.24) is 5.32 Å². The van der Waals surface area contributed by atoms with Crippen LogP contribution in [0.5, 0.6) is 0 Å². The van der Waals surface area contributed by atoms with Gasteiger partial charge >= 0.3 is 5.97 Å². The maximum Gasteiger partial charge on any atom is 0.326 e. The molecule has 0 saturated carbocycles. The molecule has 6 nitrogen and oxygen atoms in total. The van der Waals surface area contributed by atoms with Crippen molar-refractivity contribution in [2.75, 3.05) is 11.9 Å². The number of carbonyl (C=O) groups is 3. The number of nitrogens with one attached hydrogen (secondary N) is 2. The average Bonchev–Trinajstić information content (AvgIpc) is 2.61. The van der Waals surface area contributed by atoms with Gasteiger partial charge in [-0.1, -0.05) is 33.1 Å². The molecule has 1 atom stereocenters. The summed E-state index contributed by atoms with van der Waals surface area (Å²) in [4.78, 5) is 36.1. The van der Waals surface area contributed by atoms with Gasteiger partial charge in [0, 0.05) is 10.0 Å². The number of rotatable bonds is 6. The van der Waals surface area contributed by atoms with E-state index < -0.39 is 36.2 Å². The van der Waals surface area contributed by atoms with E-state index >= 15 is 0 Å². The first-order chi connectivity index (χ1) is 13.2. The van der Waals surface area contributed by atoms with Gasteiger partial charge in [-0.3, -0.25) is 14.4 Å². The van der Waals surface area contributed by atoms with Crippen LogP contribution in [-0.2, 0) is 14.3 Å². The third-order valence-corrected chi connectivity index (χ3v) is 4.24. The number of benzene rings is 2. The highest BCUT2D eigenvalue weighted by atomic mass is 79.9. The van der Waals surface area contributed by atoms with E-state index in [-0.39, 0.29) is 5.69 Å². The number of hydrogen-bond donors (Lipinski definition) is 2. The largest absolute Gasteiger partial charge is 0.451 e. The second-order valence-corrected chi connectivity index (χ2v) is 7.22. The van der Waals surface area contributed by atoms with Crippen LogP contribution in [0, 0.1) is 19.7 Å². The van der Waals surface area contributed by atoms with E-state index in [1.54, 1.807) is 18.2 Å². The topological polar surface area (TPSA) is 84.5 Å². The molecule has 148 valence electrons. The van der Waals surface area contributed by atoms with E-state index in [9.17, 15) is 18.8 Å². The van der Waals surface area contributed by atoms with E-state index in [1.165, 1.54) is 19.1 Å². The minimum absolute atomic E-state index is 0.0285. The van der Waals surface area contributed by atoms with E-state index in [2.05, 4.69) is 26.6 Å². The molecule has 0 aliphatic heterocycles. The summed E-state index contributed by atoms with van der Waals surface area (Å²) in [7, 11) is 0. The van der Waals surface area contributed by atoms with Gasteiger partial charge in [-0.05, 0) is 51.1 Å². The Morgan fingerprint density at radius 2 is 1.75 bits per heavy atom. The van der Waals surface area contributed by atoms with Gasteiger partial charge in [-0.25, -0.2) is 4.39 Å². The fraction of sp³-hybridized carbons (Fsp3) is 0.250. The van der Waals surface area contributed by atoms with Crippen LogP contribution in [0.2, 0.25) is 0 Å². The molecule has 8 heteroatoms. The van der Waals surface area contributed by atoms with Crippen molar-refractivity contribution in [2.24, 2.45) is 0 Å². The van der Waals surface area contributed by atoms with Crippen molar-refractivity contribution in [3.63, 3.8) is 0 Å². The molecule has 2 aromatic rings. The Morgan fingerprint density at radius 3 is 2.36 bits per heavy atom. The Balaban J connectivity index is 1.86. The molecule has 0 spiro atoms. The lowest BCUT2D eigenvalue weighted by molar-refractivity contribution is -0.152. The third-order valence-electron chi connectivity index (χ3n) is 3.74. The third kappa shape index (κ3) is 6.16. The second-order valence-electron chi connectivity index (χ2n) is 6.30. The summed E-state index contributed by atoms with van der Waals surface area (Å²) in [6.07, 6.45) is -1.16. The molecule has 0 aromatic heterocycles. The first kappa shape index (κ1) is 21.6. The summed E-state index contributed by atoms with van der Waals surface area (Å²) in [6.45, 7) is 4.70. The molecular formula is C20H20BrFN2O4. The first-order valence-corrected chi connectivity index (χ1v) is 9.27. The van der Waals surface area contributed by atoms with Gasteiger partial charge in [0.1, 0.15) is 12.4 Å². The van der Waals surface area contributed by atoms with Gasteiger partial charge in [0.2, 0.25) is 0 Å².